The lowest BCUT2D eigenvalue weighted by Crippen LogP contribution is -2.37. The molecule has 74 valence electrons. The van der Waals surface area contributed by atoms with E-state index >= 15 is 0 Å². The predicted octanol–water partition coefficient (Wildman–Crippen LogP) is -0.0414. The summed E-state index contributed by atoms with van der Waals surface area (Å²) < 4.78 is 0. The van der Waals surface area contributed by atoms with Crippen LogP contribution in [0.3, 0.4) is 0 Å². The summed E-state index contributed by atoms with van der Waals surface area (Å²) >= 11 is 0. The molecule has 0 radical (unpaired) electrons. The molecule has 4 heteroatoms. The van der Waals surface area contributed by atoms with Gasteiger partial charge in [-0.1, -0.05) is 6.07 Å². The SMILES string of the molecule is O=C(CO)N1CCc2ncccc2C1. The first-order valence-corrected chi connectivity index (χ1v) is 4.62. The molecule has 1 aliphatic rings. The maximum absolute atomic E-state index is 11.2. The van der Waals surface area contributed by atoms with Gasteiger partial charge in [0.1, 0.15) is 6.61 Å². The first kappa shape index (κ1) is 9.15. The molecule has 14 heavy (non-hydrogen) atoms. The van der Waals surface area contributed by atoms with Crippen molar-refractivity contribution in [3.05, 3.63) is 29.6 Å². The molecule has 0 unspecified atom stereocenters. The van der Waals surface area contributed by atoms with Gasteiger partial charge in [-0.15, -0.1) is 0 Å². The standard InChI is InChI=1S/C10H12N2O2/c13-7-10(14)12-5-3-9-8(6-12)2-1-4-11-9/h1-2,4,13H,3,5-7H2. The average molecular weight is 192 g/mol. The fraction of sp³-hybridized carbons (Fsp3) is 0.400. The third kappa shape index (κ3) is 1.61. The van der Waals surface area contributed by atoms with E-state index < -0.39 is 6.61 Å². The Morgan fingerprint density at radius 1 is 1.64 bits per heavy atom. The molecule has 1 aromatic rings. The number of hydrogen-bond acceptors (Lipinski definition) is 3. The van der Waals surface area contributed by atoms with Gasteiger partial charge in [0.15, 0.2) is 0 Å². The molecule has 1 amide bonds. The van der Waals surface area contributed by atoms with E-state index in [1.54, 1.807) is 11.1 Å². The van der Waals surface area contributed by atoms with Crippen molar-refractivity contribution in [3.63, 3.8) is 0 Å². The van der Waals surface area contributed by atoms with Crippen molar-refractivity contribution >= 4 is 5.91 Å². The summed E-state index contributed by atoms with van der Waals surface area (Å²) in [5.41, 5.74) is 2.15. The van der Waals surface area contributed by atoms with Crippen LogP contribution >= 0.6 is 0 Å². The zero-order valence-electron chi connectivity index (χ0n) is 7.81. The highest BCUT2D eigenvalue weighted by Gasteiger charge is 2.19. The Kier molecular flexibility index (Phi) is 2.45. The van der Waals surface area contributed by atoms with Gasteiger partial charge in [0.05, 0.1) is 0 Å². The number of aliphatic hydroxyl groups is 1. The molecular formula is C10H12N2O2. The summed E-state index contributed by atoms with van der Waals surface area (Å²) in [4.78, 5) is 17.1. The predicted molar refractivity (Wildman–Crippen MR) is 50.4 cm³/mol. The summed E-state index contributed by atoms with van der Waals surface area (Å²) in [6.45, 7) is 0.821. The van der Waals surface area contributed by atoms with Crippen molar-refractivity contribution in [1.29, 1.82) is 0 Å². The Morgan fingerprint density at radius 3 is 3.29 bits per heavy atom. The van der Waals surface area contributed by atoms with Gasteiger partial charge in [0, 0.05) is 31.4 Å². The van der Waals surface area contributed by atoms with Crippen molar-refractivity contribution in [2.45, 2.75) is 13.0 Å². The number of aliphatic hydroxyl groups excluding tert-OH is 1. The van der Waals surface area contributed by atoms with E-state index in [2.05, 4.69) is 4.98 Å². The maximum Gasteiger partial charge on any atom is 0.248 e. The van der Waals surface area contributed by atoms with E-state index in [1.807, 2.05) is 12.1 Å². The van der Waals surface area contributed by atoms with Crippen LogP contribution in [0.5, 0.6) is 0 Å². The fourth-order valence-corrected chi connectivity index (χ4v) is 1.68. The minimum Gasteiger partial charge on any atom is -0.387 e. The monoisotopic (exact) mass is 192 g/mol. The van der Waals surface area contributed by atoms with Crippen LogP contribution in [-0.4, -0.2) is 34.0 Å². The van der Waals surface area contributed by atoms with Gasteiger partial charge in [-0.05, 0) is 11.6 Å². The van der Waals surface area contributed by atoms with Gasteiger partial charge in [-0.25, -0.2) is 0 Å². The van der Waals surface area contributed by atoms with Crippen LogP contribution in [0, 0.1) is 0 Å². The molecule has 0 saturated heterocycles. The molecule has 0 bridgehead atoms. The number of carbonyl (C=O) groups excluding carboxylic acids is 1. The molecule has 2 rings (SSSR count). The van der Waals surface area contributed by atoms with Crippen LogP contribution < -0.4 is 0 Å². The van der Waals surface area contributed by atoms with Gasteiger partial charge < -0.3 is 10.0 Å². The zero-order chi connectivity index (χ0) is 9.97. The summed E-state index contributed by atoms with van der Waals surface area (Å²) in [5.74, 6) is -0.209. The van der Waals surface area contributed by atoms with Gasteiger partial charge in [-0.2, -0.15) is 0 Å². The second kappa shape index (κ2) is 3.75. The lowest BCUT2D eigenvalue weighted by Gasteiger charge is -2.27. The number of nitrogens with zero attached hydrogens (tertiary/aromatic N) is 2. The molecule has 0 atom stereocenters. The lowest BCUT2D eigenvalue weighted by molar-refractivity contribution is -0.135. The molecule has 0 saturated carbocycles. The summed E-state index contributed by atoms with van der Waals surface area (Å²) in [7, 11) is 0. The summed E-state index contributed by atoms with van der Waals surface area (Å²) in [6, 6.07) is 3.84. The molecule has 1 N–H and O–H groups in total. The number of pyridine rings is 1. The van der Waals surface area contributed by atoms with Crippen LogP contribution in [0.15, 0.2) is 18.3 Å². The van der Waals surface area contributed by atoms with E-state index in [0.717, 1.165) is 17.7 Å². The minimum atomic E-state index is -0.407. The number of rotatable bonds is 1. The summed E-state index contributed by atoms with van der Waals surface area (Å²) in [5, 5.41) is 8.73. The van der Waals surface area contributed by atoms with E-state index in [9.17, 15) is 4.79 Å². The van der Waals surface area contributed by atoms with Crippen molar-refractivity contribution in [2.75, 3.05) is 13.2 Å². The molecule has 0 aromatic carbocycles. The Labute approximate surface area is 82.2 Å². The Bertz CT molecular complexity index is 352. The first-order valence-electron chi connectivity index (χ1n) is 4.62. The number of carbonyl (C=O) groups is 1. The van der Waals surface area contributed by atoms with Gasteiger partial charge in [0.25, 0.3) is 0 Å². The average Bonchev–Trinajstić information content (AvgIpc) is 2.27. The second-order valence-electron chi connectivity index (χ2n) is 3.33. The topological polar surface area (TPSA) is 53.4 Å². The van der Waals surface area contributed by atoms with Crippen LogP contribution in [0.1, 0.15) is 11.3 Å². The lowest BCUT2D eigenvalue weighted by atomic mass is 10.1. The molecular weight excluding hydrogens is 180 g/mol. The Hall–Kier alpha value is -1.42. The number of amides is 1. The van der Waals surface area contributed by atoms with Crippen LogP contribution in [0.2, 0.25) is 0 Å². The van der Waals surface area contributed by atoms with Gasteiger partial charge in [-0.3, -0.25) is 9.78 Å². The third-order valence-corrected chi connectivity index (χ3v) is 2.45. The van der Waals surface area contributed by atoms with Gasteiger partial charge >= 0.3 is 0 Å². The van der Waals surface area contributed by atoms with Crippen LogP contribution in [0.4, 0.5) is 0 Å². The summed E-state index contributed by atoms with van der Waals surface area (Å²) in [6.07, 6.45) is 2.55. The van der Waals surface area contributed by atoms with Gasteiger partial charge in [0.2, 0.25) is 5.91 Å². The van der Waals surface area contributed by atoms with E-state index in [4.69, 9.17) is 5.11 Å². The first-order chi connectivity index (χ1) is 6.81. The number of hydrogen-bond donors (Lipinski definition) is 1. The highest BCUT2D eigenvalue weighted by Crippen LogP contribution is 2.15. The van der Waals surface area contributed by atoms with Crippen molar-refractivity contribution in [3.8, 4) is 0 Å². The minimum absolute atomic E-state index is 0.209. The zero-order valence-corrected chi connectivity index (χ0v) is 7.81. The van der Waals surface area contributed by atoms with Crippen molar-refractivity contribution < 1.29 is 9.90 Å². The Morgan fingerprint density at radius 2 is 2.50 bits per heavy atom. The largest absolute Gasteiger partial charge is 0.387 e. The second-order valence-corrected chi connectivity index (χ2v) is 3.33. The fourth-order valence-electron chi connectivity index (χ4n) is 1.68. The smallest absolute Gasteiger partial charge is 0.248 e. The number of aromatic nitrogens is 1. The molecule has 1 aliphatic heterocycles. The van der Waals surface area contributed by atoms with E-state index in [-0.39, 0.29) is 5.91 Å². The number of fused-ring (bicyclic) bond motifs is 1. The molecule has 0 aliphatic carbocycles. The van der Waals surface area contributed by atoms with Crippen molar-refractivity contribution in [1.82, 2.24) is 9.88 Å². The normalized spacial score (nSPS) is 15.1. The third-order valence-electron chi connectivity index (χ3n) is 2.45. The molecule has 2 heterocycles. The van der Waals surface area contributed by atoms with Crippen molar-refractivity contribution in [2.24, 2.45) is 0 Å². The molecule has 0 spiro atoms. The molecule has 0 fully saturated rings. The Balaban J connectivity index is 2.17. The highest BCUT2D eigenvalue weighted by atomic mass is 16.3. The van der Waals surface area contributed by atoms with Crippen LogP contribution in [0.25, 0.3) is 0 Å². The van der Waals surface area contributed by atoms with E-state index in [1.165, 1.54) is 0 Å². The van der Waals surface area contributed by atoms with E-state index in [0.29, 0.717) is 13.1 Å². The molecule has 4 nitrogen and oxygen atoms in total. The van der Waals surface area contributed by atoms with Crippen LogP contribution in [-0.2, 0) is 17.8 Å². The molecule has 1 aromatic heterocycles. The highest BCUT2D eigenvalue weighted by molar-refractivity contribution is 5.77. The maximum atomic E-state index is 11.2. The quantitative estimate of drug-likeness (QED) is 0.679.